The maximum absolute atomic E-state index is 11.7. The minimum atomic E-state index is -1.78. The summed E-state index contributed by atoms with van der Waals surface area (Å²) in [5.41, 5.74) is 1.71. The molecule has 0 aliphatic rings. The molecule has 0 radical (unpaired) electrons. The lowest BCUT2D eigenvalue weighted by molar-refractivity contribution is -0.140. The number of carbonyl (C=O) groups excluding carboxylic acids is 2. The van der Waals surface area contributed by atoms with Gasteiger partial charge >= 0.3 is 12.1 Å². The standard InChI is InChI=1S/C19H31NO5Si/c1-19(2,3)26(5,6)25-14-15-9-11-16(12-10-15)20-18(22)24-13-7-8-17(21)23-4/h9-12H,7-8,13-14H2,1-6H3,(H,20,22). The van der Waals surface area contributed by atoms with Gasteiger partial charge in [0.1, 0.15) is 0 Å². The highest BCUT2D eigenvalue weighted by atomic mass is 28.4. The van der Waals surface area contributed by atoms with E-state index in [1.807, 2.05) is 24.3 Å². The largest absolute Gasteiger partial charge is 0.469 e. The highest BCUT2D eigenvalue weighted by Crippen LogP contribution is 2.37. The monoisotopic (exact) mass is 381 g/mol. The molecule has 1 aromatic carbocycles. The molecule has 0 aromatic heterocycles. The van der Waals surface area contributed by atoms with Crippen molar-refractivity contribution in [2.45, 2.75) is 58.4 Å². The van der Waals surface area contributed by atoms with Crippen LogP contribution in [-0.4, -0.2) is 34.1 Å². The average Bonchev–Trinajstić information content (AvgIpc) is 2.57. The number of rotatable bonds is 8. The molecule has 1 N–H and O–H groups in total. The van der Waals surface area contributed by atoms with E-state index in [4.69, 9.17) is 9.16 Å². The lowest BCUT2D eigenvalue weighted by atomic mass is 10.2. The van der Waals surface area contributed by atoms with Crippen LogP contribution in [0.2, 0.25) is 18.1 Å². The number of benzene rings is 1. The van der Waals surface area contributed by atoms with E-state index in [0.717, 1.165) is 5.56 Å². The van der Waals surface area contributed by atoms with Crippen LogP contribution in [0.5, 0.6) is 0 Å². The molecule has 146 valence electrons. The first-order valence-corrected chi connectivity index (χ1v) is 11.7. The Kier molecular flexibility index (Phi) is 8.30. The second kappa shape index (κ2) is 9.73. The minimum Gasteiger partial charge on any atom is -0.469 e. The maximum atomic E-state index is 11.7. The van der Waals surface area contributed by atoms with Crippen LogP contribution in [-0.2, 0) is 25.3 Å². The van der Waals surface area contributed by atoms with Crippen LogP contribution in [0.15, 0.2) is 24.3 Å². The number of carbonyl (C=O) groups is 2. The number of nitrogens with one attached hydrogen (secondary N) is 1. The first-order chi connectivity index (χ1) is 12.0. The number of hydrogen-bond acceptors (Lipinski definition) is 5. The molecule has 0 unspecified atom stereocenters. The molecule has 6 nitrogen and oxygen atoms in total. The number of esters is 1. The first-order valence-electron chi connectivity index (χ1n) is 8.78. The molecule has 1 amide bonds. The van der Waals surface area contributed by atoms with Crippen LogP contribution >= 0.6 is 0 Å². The zero-order valence-corrected chi connectivity index (χ0v) is 17.7. The predicted octanol–water partition coefficient (Wildman–Crippen LogP) is 4.71. The summed E-state index contributed by atoms with van der Waals surface area (Å²) in [5, 5.41) is 2.83. The summed E-state index contributed by atoms with van der Waals surface area (Å²) in [7, 11) is -0.450. The van der Waals surface area contributed by atoms with Crippen molar-refractivity contribution < 1.29 is 23.5 Å². The molecule has 7 heteroatoms. The van der Waals surface area contributed by atoms with Gasteiger partial charge in [0, 0.05) is 12.1 Å². The van der Waals surface area contributed by atoms with E-state index in [9.17, 15) is 9.59 Å². The van der Waals surface area contributed by atoms with Crippen LogP contribution in [0.1, 0.15) is 39.2 Å². The average molecular weight is 382 g/mol. The molecule has 0 atom stereocenters. The Morgan fingerprint density at radius 1 is 1.12 bits per heavy atom. The summed E-state index contributed by atoms with van der Waals surface area (Å²) < 4.78 is 15.7. The molecule has 26 heavy (non-hydrogen) atoms. The third-order valence-electron chi connectivity index (χ3n) is 4.59. The van der Waals surface area contributed by atoms with Gasteiger partial charge < -0.3 is 13.9 Å². The topological polar surface area (TPSA) is 73.9 Å². The summed E-state index contributed by atoms with van der Waals surface area (Å²) in [6, 6.07) is 7.50. The lowest BCUT2D eigenvalue weighted by Crippen LogP contribution is -2.40. The molecule has 0 bridgehead atoms. The van der Waals surface area contributed by atoms with Gasteiger partial charge in [-0.25, -0.2) is 4.79 Å². The van der Waals surface area contributed by atoms with Crippen molar-refractivity contribution in [2.75, 3.05) is 19.0 Å². The van der Waals surface area contributed by atoms with E-state index >= 15 is 0 Å². The van der Waals surface area contributed by atoms with E-state index in [2.05, 4.69) is 43.9 Å². The molecule has 0 heterocycles. The van der Waals surface area contributed by atoms with Crippen LogP contribution in [0.4, 0.5) is 10.5 Å². The number of methoxy groups -OCH3 is 1. The Balaban J connectivity index is 2.40. The number of amides is 1. The summed E-state index contributed by atoms with van der Waals surface area (Å²) in [6.07, 6.45) is 0.122. The molecule has 0 aliphatic heterocycles. The van der Waals surface area contributed by atoms with Crippen molar-refractivity contribution in [3.8, 4) is 0 Å². The Morgan fingerprint density at radius 3 is 2.27 bits per heavy atom. The van der Waals surface area contributed by atoms with Gasteiger partial charge in [0.25, 0.3) is 0 Å². The van der Waals surface area contributed by atoms with Crippen molar-refractivity contribution >= 4 is 26.1 Å². The zero-order chi connectivity index (χ0) is 19.8. The van der Waals surface area contributed by atoms with Gasteiger partial charge in [-0.2, -0.15) is 0 Å². The molecule has 0 saturated heterocycles. The quantitative estimate of drug-likeness (QED) is 0.401. The first kappa shape index (κ1) is 22.2. The number of hydrogen-bond donors (Lipinski definition) is 1. The zero-order valence-electron chi connectivity index (χ0n) is 16.7. The predicted molar refractivity (Wildman–Crippen MR) is 105 cm³/mol. The van der Waals surface area contributed by atoms with Crippen molar-refractivity contribution in [3.05, 3.63) is 29.8 Å². The second-order valence-electron chi connectivity index (χ2n) is 7.69. The van der Waals surface area contributed by atoms with E-state index in [-0.39, 0.29) is 24.0 Å². The van der Waals surface area contributed by atoms with Gasteiger partial charge in [0.05, 0.1) is 20.3 Å². The van der Waals surface area contributed by atoms with Crippen molar-refractivity contribution in [3.63, 3.8) is 0 Å². The van der Waals surface area contributed by atoms with Crippen LogP contribution in [0.3, 0.4) is 0 Å². The minimum absolute atomic E-state index is 0.166. The van der Waals surface area contributed by atoms with Crippen LogP contribution in [0, 0.1) is 0 Å². The third kappa shape index (κ3) is 7.57. The molecule has 1 aromatic rings. The second-order valence-corrected chi connectivity index (χ2v) is 12.5. The summed E-state index contributed by atoms with van der Waals surface area (Å²) in [5.74, 6) is -0.315. The normalized spacial score (nSPS) is 11.8. The molecule has 1 rings (SSSR count). The SMILES string of the molecule is COC(=O)CCCOC(=O)Nc1ccc(CO[Si](C)(C)C(C)(C)C)cc1. The molecular formula is C19H31NO5Si. The van der Waals surface area contributed by atoms with Crippen molar-refractivity contribution in [1.82, 2.24) is 0 Å². The Morgan fingerprint density at radius 2 is 1.73 bits per heavy atom. The fourth-order valence-corrected chi connectivity index (χ4v) is 2.76. The van der Waals surface area contributed by atoms with Crippen LogP contribution in [0.25, 0.3) is 0 Å². The number of ether oxygens (including phenoxy) is 2. The van der Waals surface area contributed by atoms with Crippen LogP contribution < -0.4 is 5.32 Å². The van der Waals surface area contributed by atoms with Crippen molar-refractivity contribution in [1.29, 1.82) is 0 Å². The lowest BCUT2D eigenvalue weighted by Gasteiger charge is -2.36. The van der Waals surface area contributed by atoms with Gasteiger partial charge in [-0.15, -0.1) is 0 Å². The highest BCUT2D eigenvalue weighted by Gasteiger charge is 2.36. The van der Waals surface area contributed by atoms with Gasteiger partial charge in [0.15, 0.2) is 8.32 Å². The van der Waals surface area contributed by atoms with Gasteiger partial charge in [0.2, 0.25) is 0 Å². The van der Waals surface area contributed by atoms with Gasteiger partial charge in [-0.05, 0) is 42.2 Å². The Hall–Kier alpha value is -1.86. The molecular weight excluding hydrogens is 350 g/mol. The van der Waals surface area contributed by atoms with E-state index in [0.29, 0.717) is 18.7 Å². The summed E-state index contributed by atoms with van der Waals surface area (Å²) >= 11 is 0. The molecule has 0 fully saturated rings. The van der Waals surface area contributed by atoms with Crippen molar-refractivity contribution in [2.24, 2.45) is 0 Å². The molecule has 0 saturated carbocycles. The Bertz CT molecular complexity index is 593. The smallest absolute Gasteiger partial charge is 0.411 e. The summed E-state index contributed by atoms with van der Waals surface area (Å²) in [6.45, 7) is 11.8. The van der Waals surface area contributed by atoms with E-state index in [1.165, 1.54) is 7.11 Å². The maximum Gasteiger partial charge on any atom is 0.411 e. The fraction of sp³-hybridized carbons (Fsp3) is 0.579. The van der Waals surface area contributed by atoms with Gasteiger partial charge in [-0.3, -0.25) is 10.1 Å². The van der Waals surface area contributed by atoms with E-state index < -0.39 is 14.4 Å². The summed E-state index contributed by atoms with van der Waals surface area (Å²) in [4.78, 5) is 22.7. The Labute approximate surface area is 157 Å². The van der Waals surface area contributed by atoms with E-state index in [1.54, 1.807) is 0 Å². The molecule has 0 aliphatic carbocycles. The fourth-order valence-electron chi connectivity index (χ4n) is 1.80. The highest BCUT2D eigenvalue weighted by molar-refractivity contribution is 6.74. The third-order valence-corrected chi connectivity index (χ3v) is 9.07. The number of anilines is 1. The van der Waals surface area contributed by atoms with Gasteiger partial charge in [-0.1, -0.05) is 32.9 Å². The molecule has 0 spiro atoms.